The van der Waals surface area contributed by atoms with Gasteiger partial charge in [0.25, 0.3) is 0 Å². The molecule has 0 aliphatic heterocycles. The highest BCUT2D eigenvalue weighted by atomic mass is 16.2. The summed E-state index contributed by atoms with van der Waals surface area (Å²) >= 11 is 0. The Hall–Kier alpha value is -1.58. The summed E-state index contributed by atoms with van der Waals surface area (Å²) in [5, 5.41) is 10.4. The number of benzene rings is 2. The average molecular weight is 225 g/mol. The van der Waals surface area contributed by atoms with Crippen LogP contribution in [0.15, 0.2) is 54.6 Å². The number of nitrogens with two attached hydrogens (primary N) is 1. The van der Waals surface area contributed by atoms with Gasteiger partial charge < -0.3 is 10.8 Å². The van der Waals surface area contributed by atoms with Crippen molar-refractivity contribution in [2.45, 2.75) is 6.42 Å². The van der Waals surface area contributed by atoms with Gasteiger partial charge in [0.1, 0.15) is 0 Å². The minimum absolute atomic E-state index is 0.570. The first-order valence-electron chi connectivity index (χ1n) is 5.84. The molecule has 0 fully saturated rings. The molecule has 2 aromatic rings. The van der Waals surface area contributed by atoms with Crippen LogP contribution in [0.5, 0.6) is 0 Å². The fourth-order valence-electron chi connectivity index (χ4n) is 2.00. The van der Waals surface area contributed by atoms with E-state index in [2.05, 4.69) is 0 Å². The van der Waals surface area contributed by atoms with Crippen molar-refractivity contribution in [1.29, 1.82) is 0 Å². The Labute approximate surface area is 102 Å². The van der Waals surface area contributed by atoms with Crippen LogP contribution in [0.2, 0.25) is 0 Å². The van der Waals surface area contributed by atoms with E-state index in [1.165, 1.54) is 0 Å². The molecule has 0 spiro atoms. The number of hydrogen-bond acceptors (Lipinski definition) is 2. The van der Waals surface area contributed by atoms with Gasteiger partial charge in [0.05, 0.1) is 0 Å². The molecule has 0 unspecified atom stereocenters. The van der Waals surface area contributed by atoms with Gasteiger partial charge in [0, 0.05) is 0 Å². The molecule has 3 N–H and O–H groups in total. The van der Waals surface area contributed by atoms with Crippen molar-refractivity contribution >= 4 is 17.8 Å². The van der Waals surface area contributed by atoms with E-state index in [9.17, 15) is 5.02 Å². The minimum atomic E-state index is -0.570. The normalized spacial score (nSPS) is 10.2. The Morgan fingerprint density at radius 2 is 1.59 bits per heavy atom. The van der Waals surface area contributed by atoms with Gasteiger partial charge >= 0.3 is 6.92 Å². The maximum Gasteiger partial charge on any atom is 0.359 e. The predicted molar refractivity (Wildman–Crippen MR) is 72.9 cm³/mol. The van der Waals surface area contributed by atoms with Gasteiger partial charge in [-0.25, -0.2) is 0 Å². The molecule has 0 bridgehead atoms. The Morgan fingerprint density at radius 1 is 0.941 bits per heavy atom. The Balaban J connectivity index is 2.33. The molecule has 0 aromatic heterocycles. The van der Waals surface area contributed by atoms with Crippen LogP contribution in [0.3, 0.4) is 0 Å². The third-order valence-electron chi connectivity index (χ3n) is 2.88. The lowest BCUT2D eigenvalue weighted by molar-refractivity contribution is 0.599. The summed E-state index contributed by atoms with van der Waals surface area (Å²) in [5.41, 5.74) is 8.57. The molecule has 2 nitrogen and oxygen atoms in total. The first-order chi connectivity index (χ1) is 8.33. The minimum Gasteiger partial charge on any atom is -0.443 e. The van der Waals surface area contributed by atoms with Gasteiger partial charge in [0.15, 0.2) is 0 Å². The Kier molecular flexibility index (Phi) is 3.96. The first-order valence-corrected chi connectivity index (χ1v) is 5.84. The zero-order valence-corrected chi connectivity index (χ0v) is 9.71. The summed E-state index contributed by atoms with van der Waals surface area (Å²) in [6.07, 6.45) is 0.792. The first kappa shape index (κ1) is 11.9. The van der Waals surface area contributed by atoms with E-state index in [-0.39, 0.29) is 0 Å². The topological polar surface area (TPSA) is 46.2 Å². The molecule has 0 aliphatic carbocycles. The molecule has 3 heteroatoms. The molecule has 17 heavy (non-hydrogen) atoms. The lowest BCUT2D eigenvalue weighted by atomic mass is 9.54. The molecular weight excluding hydrogens is 209 g/mol. The fourth-order valence-corrected chi connectivity index (χ4v) is 2.00. The van der Waals surface area contributed by atoms with Crippen LogP contribution < -0.4 is 16.7 Å². The maximum atomic E-state index is 10.4. The van der Waals surface area contributed by atoms with Crippen molar-refractivity contribution in [2.75, 3.05) is 6.54 Å². The summed E-state index contributed by atoms with van der Waals surface area (Å²) < 4.78 is 0. The molecular formula is C14H16BNO. The summed E-state index contributed by atoms with van der Waals surface area (Å²) in [7, 11) is 0. The SMILES string of the molecule is NCCc1ccccc1B(O)c1ccccc1. The van der Waals surface area contributed by atoms with Crippen LogP contribution in [-0.2, 0) is 6.42 Å². The molecule has 86 valence electrons. The van der Waals surface area contributed by atoms with Gasteiger partial charge in [-0.2, -0.15) is 0 Å². The molecule has 0 radical (unpaired) electrons. The molecule has 0 saturated heterocycles. The summed E-state index contributed by atoms with van der Waals surface area (Å²) in [4.78, 5) is 0. The van der Waals surface area contributed by atoms with Crippen LogP contribution in [0.25, 0.3) is 0 Å². The number of hydrogen-bond donors (Lipinski definition) is 2. The molecule has 0 amide bonds. The van der Waals surface area contributed by atoms with Crippen LogP contribution >= 0.6 is 0 Å². The van der Waals surface area contributed by atoms with E-state index in [0.717, 1.165) is 22.9 Å². The van der Waals surface area contributed by atoms with Crippen molar-refractivity contribution in [2.24, 2.45) is 5.73 Å². The highest BCUT2D eigenvalue weighted by Crippen LogP contribution is 1.99. The van der Waals surface area contributed by atoms with Gasteiger partial charge in [-0.1, -0.05) is 54.6 Å². The standard InChI is InChI=1S/C14H16BNO/c16-11-10-12-6-4-5-9-14(12)15(17)13-7-2-1-3-8-13/h1-9,17H,10-11,16H2. The maximum absolute atomic E-state index is 10.4. The van der Waals surface area contributed by atoms with E-state index < -0.39 is 6.92 Å². The summed E-state index contributed by atoms with van der Waals surface area (Å²) in [5.74, 6) is 0. The van der Waals surface area contributed by atoms with Crippen LogP contribution in [-0.4, -0.2) is 18.5 Å². The molecule has 2 rings (SSSR count). The smallest absolute Gasteiger partial charge is 0.359 e. The average Bonchev–Trinajstić information content (AvgIpc) is 2.40. The highest BCUT2D eigenvalue weighted by Gasteiger charge is 2.18. The van der Waals surface area contributed by atoms with Crippen LogP contribution in [0.1, 0.15) is 5.56 Å². The second kappa shape index (κ2) is 5.66. The Bertz CT molecular complexity index is 473. The monoisotopic (exact) mass is 225 g/mol. The van der Waals surface area contributed by atoms with Crippen LogP contribution in [0, 0.1) is 0 Å². The number of rotatable bonds is 4. The fraction of sp³-hybridized carbons (Fsp3) is 0.143. The van der Waals surface area contributed by atoms with Gasteiger partial charge in [-0.05, 0) is 29.5 Å². The van der Waals surface area contributed by atoms with Crippen molar-refractivity contribution in [3.8, 4) is 0 Å². The largest absolute Gasteiger partial charge is 0.443 e. The predicted octanol–water partition coefficient (Wildman–Crippen LogP) is 0.286. The van der Waals surface area contributed by atoms with Crippen LogP contribution in [0.4, 0.5) is 0 Å². The third-order valence-corrected chi connectivity index (χ3v) is 2.88. The van der Waals surface area contributed by atoms with Crippen molar-refractivity contribution in [1.82, 2.24) is 0 Å². The zero-order valence-electron chi connectivity index (χ0n) is 9.71. The van der Waals surface area contributed by atoms with E-state index >= 15 is 0 Å². The van der Waals surface area contributed by atoms with Gasteiger partial charge in [-0.3, -0.25) is 0 Å². The molecule has 0 atom stereocenters. The van der Waals surface area contributed by atoms with E-state index in [1.807, 2.05) is 54.6 Å². The van der Waals surface area contributed by atoms with E-state index in [0.29, 0.717) is 6.54 Å². The second-order valence-corrected chi connectivity index (χ2v) is 4.05. The molecule has 2 aromatic carbocycles. The van der Waals surface area contributed by atoms with E-state index in [4.69, 9.17) is 5.73 Å². The third kappa shape index (κ3) is 2.76. The zero-order chi connectivity index (χ0) is 12.1. The highest BCUT2D eigenvalue weighted by molar-refractivity contribution is 6.79. The molecule has 0 heterocycles. The second-order valence-electron chi connectivity index (χ2n) is 4.05. The van der Waals surface area contributed by atoms with Crippen molar-refractivity contribution in [3.05, 3.63) is 60.2 Å². The van der Waals surface area contributed by atoms with Gasteiger partial charge in [-0.15, -0.1) is 0 Å². The van der Waals surface area contributed by atoms with Crippen molar-refractivity contribution < 1.29 is 5.02 Å². The molecule has 0 aliphatic rings. The quantitative estimate of drug-likeness (QED) is 0.734. The summed E-state index contributed by atoms with van der Waals surface area (Å²) in [6, 6.07) is 17.6. The lowest BCUT2D eigenvalue weighted by Gasteiger charge is -2.12. The Morgan fingerprint density at radius 3 is 2.29 bits per heavy atom. The van der Waals surface area contributed by atoms with Gasteiger partial charge in [0.2, 0.25) is 0 Å². The molecule has 0 saturated carbocycles. The van der Waals surface area contributed by atoms with E-state index in [1.54, 1.807) is 0 Å². The van der Waals surface area contributed by atoms with Crippen molar-refractivity contribution in [3.63, 3.8) is 0 Å². The summed E-state index contributed by atoms with van der Waals surface area (Å²) in [6.45, 7) is 0.0253. The lowest BCUT2D eigenvalue weighted by Crippen LogP contribution is -2.44.